The Labute approximate surface area is 108 Å². The first kappa shape index (κ1) is 17.7. The number of rotatable bonds is 1. The van der Waals surface area contributed by atoms with Gasteiger partial charge in [0.1, 0.15) is 0 Å². The van der Waals surface area contributed by atoms with Crippen LogP contribution in [-0.2, 0) is 0 Å². The molecule has 61 valence electrons. The third-order valence-electron chi connectivity index (χ3n) is 0.919. The molecule has 0 spiro atoms. The Morgan fingerprint density at radius 2 is 1.60 bits per heavy atom. The molecule has 1 radical (unpaired) electrons. The summed E-state index contributed by atoms with van der Waals surface area (Å²) in [4.78, 5) is 0. The second-order valence-electron chi connectivity index (χ2n) is 3.67. The molecule has 0 aromatic rings. The molecule has 0 unspecified atom stereocenters. The fourth-order valence-corrected chi connectivity index (χ4v) is 0.919. The van der Waals surface area contributed by atoms with Gasteiger partial charge < -0.3 is 5.73 Å². The van der Waals surface area contributed by atoms with Crippen molar-refractivity contribution >= 4 is 13.5 Å². The third-order valence-corrected chi connectivity index (χ3v) is 0.919. The SMILES string of the molecule is C[C@H]([NH-])CC(C)(C)C.S.[Ac]. The fourth-order valence-electron chi connectivity index (χ4n) is 0.919. The van der Waals surface area contributed by atoms with Crippen molar-refractivity contribution in [2.45, 2.75) is 40.2 Å². The first-order valence-corrected chi connectivity index (χ1v) is 3.13. The van der Waals surface area contributed by atoms with Crippen molar-refractivity contribution in [3.05, 3.63) is 5.73 Å². The molecule has 0 aliphatic rings. The van der Waals surface area contributed by atoms with E-state index in [9.17, 15) is 0 Å². The van der Waals surface area contributed by atoms with Gasteiger partial charge in [0.2, 0.25) is 0 Å². The third kappa shape index (κ3) is 16.4. The minimum Gasteiger partial charge on any atom is -0.675 e. The predicted octanol–water partition coefficient (Wildman–Crippen LogP) is 2.98. The number of hydrogen-bond acceptors (Lipinski definition) is 0. The Kier molecular flexibility index (Phi) is 13.1. The van der Waals surface area contributed by atoms with Gasteiger partial charge >= 0.3 is 0 Å². The van der Waals surface area contributed by atoms with E-state index < -0.39 is 0 Å². The van der Waals surface area contributed by atoms with E-state index in [1.165, 1.54) is 0 Å². The molecule has 1 nitrogen and oxygen atoms in total. The maximum Gasteiger partial charge on any atom is 0 e. The molecule has 1 N–H and O–H groups in total. The summed E-state index contributed by atoms with van der Waals surface area (Å²) in [7, 11) is 0. The summed E-state index contributed by atoms with van der Waals surface area (Å²) in [5.41, 5.74) is 7.57. The number of hydrogen-bond donors (Lipinski definition) is 0. The van der Waals surface area contributed by atoms with E-state index >= 15 is 0 Å². The van der Waals surface area contributed by atoms with Crippen molar-refractivity contribution in [1.29, 1.82) is 0 Å². The normalized spacial score (nSPS) is 12.9. The van der Waals surface area contributed by atoms with Crippen molar-refractivity contribution in [3.63, 3.8) is 0 Å². The maximum absolute atomic E-state index is 7.23. The maximum atomic E-state index is 7.23. The van der Waals surface area contributed by atoms with Crippen LogP contribution in [-0.4, -0.2) is 6.04 Å². The van der Waals surface area contributed by atoms with E-state index in [0.29, 0.717) is 5.41 Å². The van der Waals surface area contributed by atoms with Gasteiger partial charge in [0.05, 0.1) is 0 Å². The van der Waals surface area contributed by atoms with Gasteiger partial charge in [-0.25, -0.2) is 0 Å². The van der Waals surface area contributed by atoms with Crippen molar-refractivity contribution < 1.29 is 44.1 Å². The standard InChI is InChI=1S/C7H16N.Ac.H2S/c1-6(8)5-7(2,3)4;;/h6,8H,5H2,1-4H3;;1H2/q-1;;/t6-;;/m0../s1. The molecule has 0 heterocycles. The summed E-state index contributed by atoms with van der Waals surface area (Å²) in [5, 5.41) is 0. The summed E-state index contributed by atoms with van der Waals surface area (Å²) >= 11 is 0. The van der Waals surface area contributed by atoms with E-state index in [1.807, 2.05) is 6.92 Å². The molecule has 1 atom stereocenters. The van der Waals surface area contributed by atoms with Crippen LogP contribution in [0.5, 0.6) is 0 Å². The van der Waals surface area contributed by atoms with E-state index in [0.717, 1.165) is 6.42 Å². The molecular formula is C7H18AcNS-. The van der Waals surface area contributed by atoms with Crippen LogP contribution in [0, 0.1) is 49.5 Å². The second-order valence-corrected chi connectivity index (χ2v) is 3.67. The van der Waals surface area contributed by atoms with Crippen molar-refractivity contribution in [1.82, 2.24) is 0 Å². The largest absolute Gasteiger partial charge is 0.675 e. The van der Waals surface area contributed by atoms with Gasteiger partial charge in [-0.2, -0.15) is 13.5 Å². The smallest absolute Gasteiger partial charge is 0 e. The Morgan fingerprint density at radius 3 is 1.60 bits per heavy atom. The Hall–Kier alpha value is 1.75. The van der Waals surface area contributed by atoms with Gasteiger partial charge in [0.25, 0.3) is 0 Å². The summed E-state index contributed by atoms with van der Waals surface area (Å²) in [6.07, 6.45) is 0.993. The van der Waals surface area contributed by atoms with Gasteiger partial charge in [-0.3, -0.25) is 0 Å². The van der Waals surface area contributed by atoms with Crippen LogP contribution < -0.4 is 0 Å². The van der Waals surface area contributed by atoms with Crippen molar-refractivity contribution in [3.8, 4) is 0 Å². The van der Waals surface area contributed by atoms with Crippen LogP contribution >= 0.6 is 13.5 Å². The summed E-state index contributed by atoms with van der Waals surface area (Å²) in [6, 6.07) is 0.0926. The van der Waals surface area contributed by atoms with Gasteiger partial charge in [-0.1, -0.05) is 34.1 Å². The predicted molar refractivity (Wildman–Crippen MR) is 48.2 cm³/mol. The van der Waals surface area contributed by atoms with Crippen molar-refractivity contribution in [2.75, 3.05) is 0 Å². The minimum atomic E-state index is 0. The van der Waals surface area contributed by atoms with Crippen LogP contribution in [0.4, 0.5) is 0 Å². The van der Waals surface area contributed by atoms with E-state index in [2.05, 4.69) is 20.8 Å². The molecule has 0 aliphatic carbocycles. The zero-order valence-corrected chi connectivity index (χ0v) is 13.1. The monoisotopic (exact) mass is 375 g/mol. The molecule has 0 bridgehead atoms. The molecule has 0 amide bonds. The molecule has 0 fully saturated rings. The number of nitrogens with one attached hydrogen (secondary N) is 1. The molecule has 0 rings (SSSR count). The van der Waals surface area contributed by atoms with E-state index in [1.54, 1.807) is 0 Å². The van der Waals surface area contributed by atoms with Crippen LogP contribution in [0.3, 0.4) is 0 Å². The van der Waals surface area contributed by atoms with Gasteiger partial charge in [0, 0.05) is 44.1 Å². The van der Waals surface area contributed by atoms with Gasteiger partial charge in [0.15, 0.2) is 0 Å². The molecule has 0 saturated carbocycles. The molecule has 0 aliphatic heterocycles. The van der Waals surface area contributed by atoms with Gasteiger partial charge in [-0.05, 0) is 5.41 Å². The van der Waals surface area contributed by atoms with Crippen LogP contribution in [0.2, 0.25) is 0 Å². The van der Waals surface area contributed by atoms with Crippen LogP contribution in [0.15, 0.2) is 0 Å². The molecule has 0 aromatic heterocycles. The topological polar surface area (TPSA) is 23.8 Å². The Bertz CT molecular complexity index is 68.5. The Morgan fingerprint density at radius 1 is 1.30 bits per heavy atom. The molecule has 0 aromatic carbocycles. The fraction of sp³-hybridized carbons (Fsp3) is 1.00. The first-order valence-electron chi connectivity index (χ1n) is 3.13. The summed E-state index contributed by atoms with van der Waals surface area (Å²) < 4.78 is 0. The summed E-state index contributed by atoms with van der Waals surface area (Å²) in [6.45, 7) is 8.43. The molecule has 0 saturated heterocycles. The Balaban J connectivity index is -0.000000245. The summed E-state index contributed by atoms with van der Waals surface area (Å²) in [5.74, 6) is 0. The van der Waals surface area contributed by atoms with Crippen molar-refractivity contribution in [2.24, 2.45) is 5.41 Å². The molecule has 10 heavy (non-hydrogen) atoms. The van der Waals surface area contributed by atoms with E-state index in [-0.39, 0.29) is 63.6 Å². The quantitative estimate of drug-likeness (QED) is 0.673. The second kappa shape index (κ2) is 7.40. The average molecular weight is 375 g/mol. The first-order chi connectivity index (χ1) is 3.42. The van der Waals surface area contributed by atoms with Crippen LogP contribution in [0.25, 0.3) is 5.73 Å². The minimum absolute atomic E-state index is 0. The van der Waals surface area contributed by atoms with Gasteiger partial charge in [-0.15, -0.1) is 6.04 Å². The average Bonchev–Trinajstić information content (AvgIpc) is 1.21. The van der Waals surface area contributed by atoms with E-state index in [4.69, 9.17) is 5.73 Å². The van der Waals surface area contributed by atoms with Crippen LogP contribution in [0.1, 0.15) is 34.1 Å². The molecule has 3 heteroatoms. The zero-order chi connectivity index (χ0) is 6.78. The zero-order valence-electron chi connectivity index (χ0n) is 7.36. The molecular weight excluding hydrogens is 357 g/mol.